The van der Waals surface area contributed by atoms with Crippen LogP contribution in [0.3, 0.4) is 0 Å². The molecule has 0 aromatic carbocycles. The van der Waals surface area contributed by atoms with Gasteiger partial charge in [0.2, 0.25) is 11.9 Å². The fourth-order valence-corrected chi connectivity index (χ4v) is 7.78. The third-order valence-electron chi connectivity index (χ3n) is 8.64. The Morgan fingerprint density at radius 1 is 1.21 bits per heavy atom. The number of carbonyl (C=O) groups excluding carboxylic acids is 2. The van der Waals surface area contributed by atoms with E-state index in [9.17, 15) is 19.8 Å². The van der Waals surface area contributed by atoms with Gasteiger partial charge in [0, 0.05) is 0 Å². The Kier molecular flexibility index (Phi) is 2.63. The molecule has 3 saturated heterocycles. The summed E-state index contributed by atoms with van der Waals surface area (Å²) >= 11 is 0. The van der Waals surface area contributed by atoms with Crippen molar-refractivity contribution in [1.29, 1.82) is 0 Å². The van der Waals surface area contributed by atoms with Crippen LogP contribution in [0.25, 0.3) is 0 Å². The molecule has 2 saturated carbocycles. The van der Waals surface area contributed by atoms with Gasteiger partial charge in [-0.05, 0) is 30.8 Å². The van der Waals surface area contributed by atoms with Gasteiger partial charge in [0.1, 0.15) is 12.2 Å². The largest absolute Gasteiger partial charge is 0.472 e. The number of aliphatic hydroxyl groups excluding tert-OH is 1. The van der Waals surface area contributed by atoms with Gasteiger partial charge in [-0.15, -0.1) is 0 Å². The predicted molar refractivity (Wildman–Crippen MR) is 90.1 cm³/mol. The smallest absolute Gasteiger partial charge is 0.343 e. The minimum atomic E-state index is -2.03. The standard InChI is InChI=1S/C20H24O8/c1-8-13(22)27-12-11(21)18-10-7-9(16(2,3)4)17(18)5-6-25-15(17)28-20(18,14(23)26-10)19(8,12)24/h5-6,8-12,15,21,24H,7H2,1-4H3/t8-,9+,10-,11-,12+,15+,17-,18+,19-,20-/m1/s1. The molecule has 8 nitrogen and oxygen atoms in total. The SMILES string of the molecule is C[C@@H]1C(=O)O[C@H]2[C@@H](O)[C@@]34[C@H]5C[C@@H](C(C)(C)C)[C@@]36C=CO[C@H]6O[C@@]4(C(=O)O5)[C@@]12O. The van der Waals surface area contributed by atoms with Gasteiger partial charge in [0.25, 0.3) is 0 Å². The molecule has 10 atom stereocenters. The summed E-state index contributed by atoms with van der Waals surface area (Å²) in [6.07, 6.45) is -0.173. The first-order valence-corrected chi connectivity index (χ1v) is 9.84. The fourth-order valence-electron chi connectivity index (χ4n) is 7.78. The van der Waals surface area contributed by atoms with Crippen LogP contribution in [0.5, 0.6) is 0 Å². The topological polar surface area (TPSA) is 112 Å². The summed E-state index contributed by atoms with van der Waals surface area (Å²) in [5.41, 5.74) is -6.34. The van der Waals surface area contributed by atoms with Gasteiger partial charge >= 0.3 is 11.9 Å². The lowest BCUT2D eigenvalue weighted by molar-refractivity contribution is -0.236. The first-order chi connectivity index (χ1) is 13.0. The van der Waals surface area contributed by atoms with Gasteiger partial charge < -0.3 is 29.2 Å². The van der Waals surface area contributed by atoms with Crippen LogP contribution in [-0.4, -0.2) is 58.0 Å². The molecular formula is C20H24O8. The molecule has 152 valence electrons. The first kappa shape index (κ1) is 17.2. The fraction of sp³-hybridized carbons (Fsp3) is 0.800. The Morgan fingerprint density at radius 2 is 1.93 bits per heavy atom. The molecule has 5 fully saturated rings. The van der Waals surface area contributed by atoms with Gasteiger partial charge in [0.05, 0.1) is 23.0 Å². The first-order valence-electron chi connectivity index (χ1n) is 9.84. The summed E-state index contributed by atoms with van der Waals surface area (Å²) in [7, 11) is 0. The molecule has 6 aliphatic rings. The van der Waals surface area contributed by atoms with Gasteiger partial charge in [-0.2, -0.15) is 0 Å². The maximum Gasteiger partial charge on any atom is 0.343 e. The Morgan fingerprint density at radius 3 is 2.61 bits per heavy atom. The zero-order valence-corrected chi connectivity index (χ0v) is 16.2. The molecule has 8 heteroatoms. The van der Waals surface area contributed by atoms with Crippen LogP contribution in [0.4, 0.5) is 0 Å². The summed E-state index contributed by atoms with van der Waals surface area (Å²) in [5, 5.41) is 23.4. The molecule has 6 rings (SSSR count). The Bertz CT molecular complexity index is 861. The summed E-state index contributed by atoms with van der Waals surface area (Å²) in [5.74, 6) is -2.51. The van der Waals surface area contributed by atoms with E-state index in [4.69, 9.17) is 18.9 Å². The second-order valence-electron chi connectivity index (χ2n) is 10.3. The molecule has 2 aliphatic carbocycles. The number of fused-ring (bicyclic) bond motifs is 1. The second kappa shape index (κ2) is 4.27. The highest BCUT2D eigenvalue weighted by Gasteiger charge is 3.01. The molecule has 0 aromatic rings. The highest BCUT2D eigenvalue weighted by atomic mass is 16.7. The van der Waals surface area contributed by atoms with Crippen LogP contribution >= 0.6 is 0 Å². The van der Waals surface area contributed by atoms with Crippen molar-refractivity contribution in [2.75, 3.05) is 0 Å². The Labute approximate surface area is 161 Å². The van der Waals surface area contributed by atoms with E-state index in [-0.39, 0.29) is 11.3 Å². The minimum Gasteiger partial charge on any atom is -0.472 e. The van der Waals surface area contributed by atoms with Crippen molar-refractivity contribution in [3.8, 4) is 0 Å². The third kappa shape index (κ3) is 1.20. The van der Waals surface area contributed by atoms with E-state index in [2.05, 4.69) is 20.8 Å². The molecule has 2 N–H and O–H groups in total. The zero-order chi connectivity index (χ0) is 20.1. The summed E-state index contributed by atoms with van der Waals surface area (Å²) in [6, 6.07) is 0. The number of esters is 2. The molecule has 0 aromatic heterocycles. The summed E-state index contributed by atoms with van der Waals surface area (Å²) in [4.78, 5) is 25.6. The zero-order valence-electron chi connectivity index (χ0n) is 16.2. The van der Waals surface area contributed by atoms with Crippen LogP contribution in [-0.2, 0) is 28.5 Å². The van der Waals surface area contributed by atoms with E-state index in [0.29, 0.717) is 6.42 Å². The second-order valence-corrected chi connectivity index (χ2v) is 10.3. The van der Waals surface area contributed by atoms with Crippen molar-refractivity contribution in [3.05, 3.63) is 12.3 Å². The highest BCUT2D eigenvalue weighted by molar-refractivity contribution is 5.92. The number of aliphatic hydroxyl groups is 2. The maximum absolute atomic E-state index is 13.3. The van der Waals surface area contributed by atoms with Crippen LogP contribution in [0.15, 0.2) is 12.3 Å². The summed E-state index contributed by atoms with van der Waals surface area (Å²) in [6.45, 7) is 7.78. The van der Waals surface area contributed by atoms with E-state index in [1.54, 1.807) is 6.26 Å². The van der Waals surface area contributed by atoms with Gasteiger partial charge in [0.15, 0.2) is 11.7 Å². The molecule has 0 bridgehead atoms. The lowest BCUT2D eigenvalue weighted by Crippen LogP contribution is -2.65. The summed E-state index contributed by atoms with van der Waals surface area (Å²) < 4.78 is 23.3. The molecule has 28 heavy (non-hydrogen) atoms. The van der Waals surface area contributed by atoms with Crippen LogP contribution < -0.4 is 0 Å². The quantitative estimate of drug-likeness (QED) is 0.565. The van der Waals surface area contributed by atoms with Crippen molar-refractivity contribution in [2.45, 2.75) is 69.9 Å². The van der Waals surface area contributed by atoms with Crippen molar-refractivity contribution >= 4 is 11.9 Å². The Balaban J connectivity index is 1.70. The molecule has 4 heterocycles. The molecule has 0 radical (unpaired) electrons. The number of hydrogen-bond donors (Lipinski definition) is 2. The van der Waals surface area contributed by atoms with Crippen LogP contribution in [0.2, 0.25) is 0 Å². The van der Waals surface area contributed by atoms with Crippen molar-refractivity contribution in [3.63, 3.8) is 0 Å². The van der Waals surface area contributed by atoms with E-state index in [1.165, 1.54) is 6.92 Å². The lowest BCUT2D eigenvalue weighted by atomic mass is 9.52. The highest BCUT2D eigenvalue weighted by Crippen LogP contribution is 2.83. The van der Waals surface area contributed by atoms with E-state index in [1.807, 2.05) is 6.08 Å². The van der Waals surface area contributed by atoms with E-state index in [0.717, 1.165) is 0 Å². The normalized spacial score (nSPS) is 60.2. The average molecular weight is 392 g/mol. The van der Waals surface area contributed by atoms with Crippen LogP contribution in [0, 0.1) is 28.1 Å². The van der Waals surface area contributed by atoms with Crippen molar-refractivity contribution < 1.29 is 38.7 Å². The molecule has 0 unspecified atom stereocenters. The number of ether oxygens (including phenoxy) is 4. The maximum atomic E-state index is 13.3. The number of carbonyl (C=O) groups is 2. The van der Waals surface area contributed by atoms with E-state index >= 15 is 0 Å². The van der Waals surface area contributed by atoms with Gasteiger partial charge in [-0.25, -0.2) is 4.79 Å². The van der Waals surface area contributed by atoms with E-state index < -0.39 is 64.5 Å². The number of hydrogen-bond acceptors (Lipinski definition) is 8. The monoisotopic (exact) mass is 392 g/mol. The lowest BCUT2D eigenvalue weighted by Gasteiger charge is -2.45. The predicted octanol–water partition coefficient (Wildman–Crippen LogP) is 0.257. The van der Waals surface area contributed by atoms with Gasteiger partial charge in [-0.1, -0.05) is 20.8 Å². The van der Waals surface area contributed by atoms with Crippen molar-refractivity contribution in [1.82, 2.24) is 0 Å². The molecule has 0 amide bonds. The molecule has 4 aliphatic heterocycles. The number of rotatable bonds is 0. The molecule has 2 spiro atoms. The third-order valence-corrected chi connectivity index (χ3v) is 8.64. The Hall–Kier alpha value is -1.64. The minimum absolute atomic E-state index is 0.0493. The van der Waals surface area contributed by atoms with Crippen LogP contribution in [0.1, 0.15) is 34.1 Å². The molecular weight excluding hydrogens is 368 g/mol. The van der Waals surface area contributed by atoms with Crippen molar-refractivity contribution in [2.24, 2.45) is 28.1 Å². The van der Waals surface area contributed by atoms with Gasteiger partial charge in [-0.3, -0.25) is 4.79 Å². The average Bonchev–Trinajstić information content (AvgIpc) is 3.33.